The monoisotopic (exact) mass is 196 g/mol. The summed E-state index contributed by atoms with van der Waals surface area (Å²) in [6.07, 6.45) is 1.43. The molecule has 0 heterocycles. The normalized spacial score (nSPS) is 9.60. The predicted octanol–water partition coefficient (Wildman–Crippen LogP) is 3.88. The Morgan fingerprint density at radius 1 is 0.867 bits per heavy atom. The molecule has 0 radical (unpaired) electrons. The number of hydrogen-bond acceptors (Lipinski definition) is 1. The number of benzene rings is 2. The first-order valence-corrected chi connectivity index (χ1v) is 4.83. The number of rotatable bonds is 3. The molecule has 0 saturated heterocycles. The van der Waals surface area contributed by atoms with Crippen molar-refractivity contribution >= 4 is 0 Å². The van der Waals surface area contributed by atoms with Crippen LogP contribution in [0.4, 0.5) is 0 Å². The van der Waals surface area contributed by atoms with Gasteiger partial charge in [-0.15, -0.1) is 0 Å². The molecule has 1 nitrogen and oxygen atoms in total. The van der Waals surface area contributed by atoms with Crippen molar-refractivity contribution in [2.45, 2.75) is 0 Å². The van der Waals surface area contributed by atoms with Crippen molar-refractivity contribution in [1.82, 2.24) is 0 Å². The molecule has 0 atom stereocenters. The van der Waals surface area contributed by atoms with Crippen LogP contribution in [0.25, 0.3) is 11.1 Å². The highest BCUT2D eigenvalue weighted by Gasteiger charge is 1.97. The van der Waals surface area contributed by atoms with Crippen LogP contribution in [0.15, 0.2) is 67.4 Å². The van der Waals surface area contributed by atoms with Crippen molar-refractivity contribution in [3.8, 4) is 16.9 Å². The highest BCUT2D eigenvalue weighted by molar-refractivity contribution is 5.64. The summed E-state index contributed by atoms with van der Waals surface area (Å²) in [7, 11) is 0. The summed E-state index contributed by atoms with van der Waals surface area (Å²) in [5, 5.41) is 0. The Morgan fingerprint density at radius 2 is 1.60 bits per heavy atom. The van der Waals surface area contributed by atoms with Crippen LogP contribution in [-0.2, 0) is 0 Å². The molecular formula is C14H12O. The zero-order chi connectivity index (χ0) is 10.5. The van der Waals surface area contributed by atoms with Gasteiger partial charge in [0, 0.05) is 0 Å². The van der Waals surface area contributed by atoms with Crippen molar-refractivity contribution in [2.24, 2.45) is 0 Å². The molecule has 0 aromatic heterocycles. The Hall–Kier alpha value is -2.02. The summed E-state index contributed by atoms with van der Waals surface area (Å²) >= 11 is 0. The van der Waals surface area contributed by atoms with Crippen LogP contribution in [0.2, 0.25) is 0 Å². The van der Waals surface area contributed by atoms with E-state index in [0.717, 1.165) is 11.3 Å². The minimum absolute atomic E-state index is 0.811. The summed E-state index contributed by atoms with van der Waals surface area (Å²) in [4.78, 5) is 0. The smallest absolute Gasteiger partial charge is 0.127 e. The molecule has 0 unspecified atom stereocenters. The lowest BCUT2D eigenvalue weighted by Gasteiger charge is -2.04. The van der Waals surface area contributed by atoms with E-state index in [9.17, 15) is 0 Å². The van der Waals surface area contributed by atoms with Crippen LogP contribution in [-0.4, -0.2) is 0 Å². The molecule has 0 fully saturated rings. The summed E-state index contributed by atoms with van der Waals surface area (Å²) in [5.41, 5.74) is 2.34. The van der Waals surface area contributed by atoms with Gasteiger partial charge in [0.1, 0.15) is 5.75 Å². The minimum atomic E-state index is 0.811. The second-order valence-corrected chi connectivity index (χ2v) is 3.18. The van der Waals surface area contributed by atoms with Crippen molar-refractivity contribution in [3.63, 3.8) is 0 Å². The van der Waals surface area contributed by atoms with Crippen molar-refractivity contribution < 1.29 is 4.74 Å². The standard InChI is InChI=1S/C14H12O/c1-2-15-14-10-6-9-13(11-14)12-7-4-3-5-8-12/h2-11H,1H2. The van der Waals surface area contributed by atoms with Crippen LogP contribution in [0.5, 0.6) is 5.75 Å². The molecule has 0 aliphatic rings. The summed E-state index contributed by atoms with van der Waals surface area (Å²) in [6.45, 7) is 3.54. The van der Waals surface area contributed by atoms with Crippen LogP contribution in [0.1, 0.15) is 0 Å². The molecule has 1 heteroatoms. The molecule has 0 N–H and O–H groups in total. The Bertz CT molecular complexity index is 446. The fraction of sp³-hybridized carbons (Fsp3) is 0. The number of ether oxygens (including phenoxy) is 1. The highest BCUT2D eigenvalue weighted by atomic mass is 16.5. The van der Waals surface area contributed by atoms with Gasteiger partial charge in [0.05, 0.1) is 6.26 Å². The van der Waals surface area contributed by atoms with Crippen molar-refractivity contribution in [1.29, 1.82) is 0 Å². The molecule has 74 valence electrons. The van der Waals surface area contributed by atoms with E-state index in [0.29, 0.717) is 0 Å². The van der Waals surface area contributed by atoms with Gasteiger partial charge in [-0.05, 0) is 23.3 Å². The first-order chi connectivity index (χ1) is 7.40. The molecule has 2 aromatic carbocycles. The summed E-state index contributed by atoms with van der Waals surface area (Å²) in [5.74, 6) is 0.811. The topological polar surface area (TPSA) is 9.23 Å². The van der Waals surface area contributed by atoms with Gasteiger partial charge in [0.25, 0.3) is 0 Å². The molecule has 0 spiro atoms. The summed E-state index contributed by atoms with van der Waals surface area (Å²) < 4.78 is 5.23. The van der Waals surface area contributed by atoms with Gasteiger partial charge in [0.2, 0.25) is 0 Å². The number of hydrogen-bond donors (Lipinski definition) is 0. The first kappa shape index (κ1) is 9.53. The Morgan fingerprint density at radius 3 is 2.33 bits per heavy atom. The van der Waals surface area contributed by atoms with Gasteiger partial charge in [-0.3, -0.25) is 0 Å². The molecule has 0 saturated carbocycles. The van der Waals surface area contributed by atoms with E-state index in [2.05, 4.69) is 24.8 Å². The molecule has 2 rings (SSSR count). The van der Waals surface area contributed by atoms with E-state index in [4.69, 9.17) is 4.74 Å². The third-order valence-electron chi connectivity index (χ3n) is 2.16. The molecule has 0 aliphatic heterocycles. The zero-order valence-electron chi connectivity index (χ0n) is 8.39. The van der Waals surface area contributed by atoms with E-state index in [-0.39, 0.29) is 0 Å². The van der Waals surface area contributed by atoms with E-state index in [1.807, 2.05) is 36.4 Å². The average Bonchev–Trinajstić information content (AvgIpc) is 2.31. The van der Waals surface area contributed by atoms with Gasteiger partial charge < -0.3 is 4.74 Å². The van der Waals surface area contributed by atoms with E-state index in [1.54, 1.807) is 0 Å². The Balaban J connectivity index is 2.37. The lowest BCUT2D eigenvalue weighted by atomic mass is 10.1. The maximum atomic E-state index is 5.23. The molecule has 2 aromatic rings. The van der Waals surface area contributed by atoms with E-state index < -0.39 is 0 Å². The van der Waals surface area contributed by atoms with Gasteiger partial charge in [-0.25, -0.2) is 0 Å². The largest absolute Gasteiger partial charge is 0.466 e. The maximum absolute atomic E-state index is 5.23. The third-order valence-corrected chi connectivity index (χ3v) is 2.16. The van der Waals surface area contributed by atoms with Crippen LogP contribution >= 0.6 is 0 Å². The fourth-order valence-corrected chi connectivity index (χ4v) is 1.48. The predicted molar refractivity (Wildman–Crippen MR) is 62.7 cm³/mol. The Labute approximate surface area is 89.6 Å². The van der Waals surface area contributed by atoms with E-state index >= 15 is 0 Å². The Kier molecular flexibility index (Phi) is 2.84. The highest BCUT2D eigenvalue weighted by Crippen LogP contribution is 2.23. The van der Waals surface area contributed by atoms with Gasteiger partial charge >= 0.3 is 0 Å². The first-order valence-electron chi connectivity index (χ1n) is 4.83. The third kappa shape index (κ3) is 2.26. The molecule has 15 heavy (non-hydrogen) atoms. The maximum Gasteiger partial charge on any atom is 0.127 e. The van der Waals surface area contributed by atoms with Crippen molar-refractivity contribution in [2.75, 3.05) is 0 Å². The van der Waals surface area contributed by atoms with Crippen LogP contribution in [0.3, 0.4) is 0 Å². The van der Waals surface area contributed by atoms with Crippen LogP contribution in [0, 0.1) is 0 Å². The summed E-state index contributed by atoms with van der Waals surface area (Å²) in [6, 6.07) is 18.2. The van der Waals surface area contributed by atoms with Gasteiger partial charge in [0.15, 0.2) is 0 Å². The minimum Gasteiger partial charge on any atom is -0.466 e. The zero-order valence-corrected chi connectivity index (χ0v) is 8.39. The van der Waals surface area contributed by atoms with Crippen molar-refractivity contribution in [3.05, 3.63) is 67.4 Å². The second-order valence-electron chi connectivity index (χ2n) is 3.18. The molecule has 0 amide bonds. The van der Waals surface area contributed by atoms with Gasteiger partial charge in [-0.1, -0.05) is 49.0 Å². The van der Waals surface area contributed by atoms with Crippen LogP contribution < -0.4 is 4.74 Å². The molecular weight excluding hydrogens is 184 g/mol. The van der Waals surface area contributed by atoms with Gasteiger partial charge in [-0.2, -0.15) is 0 Å². The molecule has 0 bridgehead atoms. The second kappa shape index (κ2) is 4.47. The van der Waals surface area contributed by atoms with E-state index in [1.165, 1.54) is 11.8 Å². The fourth-order valence-electron chi connectivity index (χ4n) is 1.48. The lowest BCUT2D eigenvalue weighted by Crippen LogP contribution is -1.82. The molecule has 0 aliphatic carbocycles. The average molecular weight is 196 g/mol. The quantitative estimate of drug-likeness (QED) is 0.677. The SMILES string of the molecule is C=COc1cccc(-c2ccccc2)c1. The lowest BCUT2D eigenvalue weighted by molar-refractivity contribution is 0.483.